The van der Waals surface area contributed by atoms with Crippen LogP contribution in [0.3, 0.4) is 0 Å². The monoisotopic (exact) mass is 298 g/mol. The minimum Gasteiger partial charge on any atom is -0.359 e. The highest BCUT2D eigenvalue weighted by Gasteiger charge is 2.39. The van der Waals surface area contributed by atoms with E-state index in [1.54, 1.807) is 0 Å². The van der Waals surface area contributed by atoms with Crippen LogP contribution in [0, 0.1) is 0 Å². The van der Waals surface area contributed by atoms with E-state index in [0.717, 1.165) is 6.54 Å². The summed E-state index contributed by atoms with van der Waals surface area (Å²) in [6, 6.07) is 0. The topological polar surface area (TPSA) is 24.4 Å². The number of hydrogen-bond donors (Lipinski definition) is 1. The maximum Gasteiger partial charge on any atom is 0.157 e. The van der Waals surface area contributed by atoms with Crippen LogP contribution in [-0.2, 0) is 0 Å². The first kappa shape index (κ1) is 14.1. The summed E-state index contributed by atoms with van der Waals surface area (Å²) in [6.45, 7) is 1.03. The number of aliphatic imine (C=N–C) groups is 1. The maximum atomic E-state index is 4.95. The Morgan fingerprint density at radius 2 is 1.79 bits per heavy atom. The predicted molar refractivity (Wildman–Crippen MR) is 88.4 cm³/mol. The lowest BCUT2D eigenvalue weighted by atomic mass is 9.83. The van der Waals surface area contributed by atoms with Crippen LogP contribution < -0.4 is 5.32 Å². The van der Waals surface area contributed by atoms with E-state index in [1.807, 2.05) is 23.5 Å². The van der Waals surface area contributed by atoms with Crippen LogP contribution in [0.1, 0.15) is 57.8 Å². The maximum absolute atomic E-state index is 4.95. The number of amidine groups is 1. The van der Waals surface area contributed by atoms with E-state index in [9.17, 15) is 0 Å². The van der Waals surface area contributed by atoms with Crippen molar-refractivity contribution in [2.75, 3.05) is 18.6 Å². The largest absolute Gasteiger partial charge is 0.359 e. The normalized spacial score (nSPS) is 30.9. The van der Waals surface area contributed by atoms with E-state index in [2.05, 4.69) is 11.6 Å². The van der Waals surface area contributed by atoms with Gasteiger partial charge in [0.05, 0.1) is 6.54 Å². The molecule has 1 saturated heterocycles. The predicted octanol–water partition coefficient (Wildman–Crippen LogP) is 4.06. The lowest BCUT2D eigenvalue weighted by Gasteiger charge is -2.32. The molecule has 19 heavy (non-hydrogen) atoms. The molecular formula is C15H26N2S2. The van der Waals surface area contributed by atoms with E-state index in [0.29, 0.717) is 10.3 Å². The van der Waals surface area contributed by atoms with Crippen LogP contribution >= 0.6 is 23.5 Å². The Morgan fingerprint density at radius 1 is 1.11 bits per heavy atom. The smallest absolute Gasteiger partial charge is 0.157 e. The fourth-order valence-corrected chi connectivity index (χ4v) is 5.86. The number of nitrogens with zero attached hydrogens (tertiary/aromatic N) is 1. The molecule has 2 nitrogen and oxygen atoms in total. The van der Waals surface area contributed by atoms with Gasteiger partial charge in [0.2, 0.25) is 0 Å². The molecule has 1 N–H and O–H groups in total. The molecule has 0 aromatic heterocycles. The van der Waals surface area contributed by atoms with Gasteiger partial charge in [0.15, 0.2) is 5.17 Å². The van der Waals surface area contributed by atoms with Gasteiger partial charge in [-0.3, -0.25) is 4.99 Å². The number of nitrogens with one attached hydrogen (secondary N) is 1. The molecule has 1 spiro atoms. The van der Waals surface area contributed by atoms with Crippen molar-refractivity contribution in [2.24, 2.45) is 4.99 Å². The van der Waals surface area contributed by atoms with Crippen LogP contribution in [0.2, 0.25) is 0 Å². The molecule has 3 rings (SSSR count). The third-order valence-corrected chi connectivity index (χ3v) is 7.73. The van der Waals surface area contributed by atoms with E-state index in [4.69, 9.17) is 4.99 Å². The third kappa shape index (κ3) is 3.10. The molecule has 0 unspecified atom stereocenters. The van der Waals surface area contributed by atoms with Gasteiger partial charge in [-0.1, -0.05) is 43.9 Å². The standard InChI is InChI=1S/C15H26N2S2/c1-18-15(9-5-6-10-15)11-16-13-17-14(12-19-13)7-3-2-4-8-14/h2-12H2,1H3,(H,16,17). The second kappa shape index (κ2) is 5.88. The van der Waals surface area contributed by atoms with Gasteiger partial charge in [-0.15, -0.1) is 0 Å². The van der Waals surface area contributed by atoms with Crippen LogP contribution in [0.15, 0.2) is 4.99 Å². The molecule has 0 aromatic rings. The minimum atomic E-state index is 0.407. The van der Waals surface area contributed by atoms with Crippen LogP contribution in [0.25, 0.3) is 0 Å². The lowest BCUT2D eigenvalue weighted by Crippen LogP contribution is -2.45. The zero-order valence-electron chi connectivity index (χ0n) is 12.0. The van der Waals surface area contributed by atoms with Gasteiger partial charge in [0, 0.05) is 16.0 Å². The first-order valence-electron chi connectivity index (χ1n) is 7.77. The molecule has 0 amide bonds. The molecule has 1 aliphatic heterocycles. The number of rotatable bonds is 3. The van der Waals surface area contributed by atoms with E-state index >= 15 is 0 Å². The summed E-state index contributed by atoms with van der Waals surface area (Å²) < 4.78 is 0.456. The van der Waals surface area contributed by atoms with Gasteiger partial charge in [-0.05, 0) is 31.9 Å². The molecule has 3 aliphatic rings. The second-order valence-electron chi connectivity index (χ2n) is 6.47. The highest BCUT2D eigenvalue weighted by atomic mass is 32.2. The fourth-order valence-electron chi connectivity index (χ4n) is 3.75. The molecule has 0 aromatic carbocycles. The highest BCUT2D eigenvalue weighted by Crippen LogP contribution is 2.41. The Morgan fingerprint density at radius 3 is 2.47 bits per heavy atom. The molecule has 1 heterocycles. The Kier molecular flexibility index (Phi) is 4.37. The Hall–Kier alpha value is 0.170. The number of hydrogen-bond acceptors (Lipinski definition) is 3. The minimum absolute atomic E-state index is 0.407. The van der Waals surface area contributed by atoms with Crippen molar-refractivity contribution in [2.45, 2.75) is 68.1 Å². The molecular weight excluding hydrogens is 272 g/mol. The van der Waals surface area contributed by atoms with Crippen molar-refractivity contribution in [3.05, 3.63) is 0 Å². The van der Waals surface area contributed by atoms with Gasteiger partial charge in [0.1, 0.15) is 0 Å². The summed E-state index contributed by atoms with van der Waals surface area (Å²) in [7, 11) is 0. The first-order valence-corrected chi connectivity index (χ1v) is 9.98. The zero-order chi connectivity index (χ0) is 13.2. The summed E-state index contributed by atoms with van der Waals surface area (Å²) in [5.41, 5.74) is 0.407. The molecule has 0 bridgehead atoms. The fraction of sp³-hybridized carbons (Fsp3) is 0.933. The highest BCUT2D eigenvalue weighted by molar-refractivity contribution is 8.14. The van der Waals surface area contributed by atoms with Crippen molar-refractivity contribution in [1.82, 2.24) is 5.32 Å². The molecule has 0 atom stereocenters. The van der Waals surface area contributed by atoms with Crippen molar-refractivity contribution in [1.29, 1.82) is 0 Å². The van der Waals surface area contributed by atoms with Gasteiger partial charge < -0.3 is 5.32 Å². The van der Waals surface area contributed by atoms with E-state index in [-0.39, 0.29) is 0 Å². The SMILES string of the molecule is CSC1(CN=C2NC3(CCCCC3)CS2)CCCC1. The Balaban J connectivity index is 1.59. The lowest BCUT2D eigenvalue weighted by molar-refractivity contribution is 0.303. The molecule has 0 radical (unpaired) electrons. The molecule has 108 valence electrons. The summed E-state index contributed by atoms with van der Waals surface area (Å²) in [4.78, 5) is 4.95. The van der Waals surface area contributed by atoms with Crippen LogP contribution in [0.5, 0.6) is 0 Å². The average molecular weight is 299 g/mol. The average Bonchev–Trinajstić information content (AvgIpc) is 3.06. The summed E-state index contributed by atoms with van der Waals surface area (Å²) in [5.74, 6) is 1.25. The van der Waals surface area contributed by atoms with E-state index < -0.39 is 0 Å². The Bertz CT molecular complexity index is 342. The van der Waals surface area contributed by atoms with Crippen LogP contribution in [0.4, 0.5) is 0 Å². The van der Waals surface area contributed by atoms with Gasteiger partial charge in [-0.2, -0.15) is 11.8 Å². The molecule has 4 heteroatoms. The molecule has 2 saturated carbocycles. The first-order chi connectivity index (χ1) is 9.26. The van der Waals surface area contributed by atoms with Crippen molar-refractivity contribution in [3.8, 4) is 0 Å². The van der Waals surface area contributed by atoms with Crippen molar-refractivity contribution < 1.29 is 0 Å². The summed E-state index contributed by atoms with van der Waals surface area (Å²) in [6.07, 6.45) is 14.7. The third-order valence-electron chi connectivity index (χ3n) is 5.13. The van der Waals surface area contributed by atoms with Crippen LogP contribution in [-0.4, -0.2) is 34.0 Å². The number of thioether (sulfide) groups is 2. The van der Waals surface area contributed by atoms with Crippen molar-refractivity contribution >= 4 is 28.7 Å². The van der Waals surface area contributed by atoms with Gasteiger partial charge in [-0.25, -0.2) is 0 Å². The van der Waals surface area contributed by atoms with Gasteiger partial charge in [0.25, 0.3) is 0 Å². The summed E-state index contributed by atoms with van der Waals surface area (Å²) >= 11 is 4.02. The van der Waals surface area contributed by atoms with Gasteiger partial charge >= 0.3 is 0 Å². The zero-order valence-corrected chi connectivity index (χ0v) is 13.7. The quantitative estimate of drug-likeness (QED) is 0.850. The van der Waals surface area contributed by atoms with E-state index in [1.165, 1.54) is 68.7 Å². The Labute approximate surface area is 126 Å². The molecule has 3 fully saturated rings. The second-order valence-corrected chi connectivity index (χ2v) is 8.71. The summed E-state index contributed by atoms with van der Waals surface area (Å²) in [5, 5.41) is 5.01. The molecule has 2 aliphatic carbocycles. The van der Waals surface area contributed by atoms with Crippen molar-refractivity contribution in [3.63, 3.8) is 0 Å².